The standard InChI is InChI=1S/C15H17N3O2/c1-18(2)10-17-13-12(11-7-5-4-6-8-11)9-16-14(13)15(19)20-3/h4-10,16H,1-3H3. The van der Waals surface area contributed by atoms with Crippen molar-refractivity contribution < 1.29 is 9.53 Å². The van der Waals surface area contributed by atoms with E-state index >= 15 is 0 Å². The summed E-state index contributed by atoms with van der Waals surface area (Å²) in [6.07, 6.45) is 3.42. The number of carbonyl (C=O) groups is 1. The third-order valence-corrected chi connectivity index (χ3v) is 2.74. The van der Waals surface area contributed by atoms with Crippen molar-refractivity contribution in [3.05, 3.63) is 42.2 Å². The number of carbonyl (C=O) groups excluding carboxylic acids is 1. The van der Waals surface area contributed by atoms with Crippen molar-refractivity contribution in [1.29, 1.82) is 0 Å². The second-order valence-corrected chi connectivity index (χ2v) is 4.49. The molecule has 104 valence electrons. The Kier molecular flexibility index (Phi) is 4.20. The van der Waals surface area contributed by atoms with Gasteiger partial charge in [-0.3, -0.25) is 0 Å². The van der Waals surface area contributed by atoms with Crippen LogP contribution in [0.4, 0.5) is 5.69 Å². The molecule has 0 saturated carbocycles. The maximum absolute atomic E-state index is 11.8. The highest BCUT2D eigenvalue weighted by atomic mass is 16.5. The monoisotopic (exact) mass is 271 g/mol. The summed E-state index contributed by atoms with van der Waals surface area (Å²) < 4.78 is 4.78. The van der Waals surface area contributed by atoms with Crippen LogP contribution >= 0.6 is 0 Å². The van der Waals surface area contributed by atoms with Crippen LogP contribution in [0.1, 0.15) is 10.5 Å². The number of aliphatic imine (C=N–C) groups is 1. The number of rotatable bonds is 4. The van der Waals surface area contributed by atoms with Gasteiger partial charge in [0.15, 0.2) is 5.69 Å². The lowest BCUT2D eigenvalue weighted by Crippen LogP contribution is -2.08. The first-order chi connectivity index (χ1) is 9.63. The molecule has 2 rings (SSSR count). The van der Waals surface area contributed by atoms with Crippen molar-refractivity contribution in [2.24, 2.45) is 4.99 Å². The second kappa shape index (κ2) is 6.06. The van der Waals surface area contributed by atoms with E-state index in [1.54, 1.807) is 12.5 Å². The van der Waals surface area contributed by atoms with Crippen molar-refractivity contribution in [1.82, 2.24) is 9.88 Å². The highest BCUT2D eigenvalue weighted by molar-refractivity contribution is 5.98. The first-order valence-corrected chi connectivity index (χ1v) is 6.19. The van der Waals surface area contributed by atoms with Gasteiger partial charge in [-0.1, -0.05) is 30.3 Å². The number of ether oxygens (including phenoxy) is 1. The van der Waals surface area contributed by atoms with E-state index in [2.05, 4.69) is 9.98 Å². The molecule has 5 heteroatoms. The van der Waals surface area contributed by atoms with Crippen LogP contribution in [0.3, 0.4) is 0 Å². The summed E-state index contributed by atoms with van der Waals surface area (Å²) in [4.78, 5) is 20.9. The Labute approximate surface area is 117 Å². The molecular weight excluding hydrogens is 254 g/mol. The molecule has 2 aromatic rings. The van der Waals surface area contributed by atoms with Crippen LogP contribution < -0.4 is 0 Å². The van der Waals surface area contributed by atoms with Crippen molar-refractivity contribution in [3.63, 3.8) is 0 Å². The predicted octanol–water partition coefficient (Wildman–Crippen LogP) is 2.69. The van der Waals surface area contributed by atoms with Gasteiger partial charge in [0, 0.05) is 25.9 Å². The summed E-state index contributed by atoms with van der Waals surface area (Å²) in [6.45, 7) is 0. The van der Waals surface area contributed by atoms with Crippen LogP contribution in [0.25, 0.3) is 11.1 Å². The molecule has 0 unspecified atom stereocenters. The molecule has 1 aromatic heterocycles. The number of benzene rings is 1. The summed E-state index contributed by atoms with van der Waals surface area (Å²) in [7, 11) is 5.09. The Hall–Kier alpha value is -2.56. The fourth-order valence-corrected chi connectivity index (χ4v) is 1.82. The molecule has 0 atom stereocenters. The van der Waals surface area contributed by atoms with E-state index in [0.717, 1.165) is 11.1 Å². The first kappa shape index (κ1) is 13.9. The predicted molar refractivity (Wildman–Crippen MR) is 79.4 cm³/mol. The Bertz CT molecular complexity index is 615. The van der Waals surface area contributed by atoms with Gasteiger partial charge in [-0.25, -0.2) is 9.79 Å². The molecule has 0 amide bonds. The average Bonchev–Trinajstić information content (AvgIpc) is 2.89. The van der Waals surface area contributed by atoms with E-state index in [1.807, 2.05) is 49.3 Å². The van der Waals surface area contributed by atoms with E-state index in [-0.39, 0.29) is 0 Å². The Morgan fingerprint density at radius 1 is 1.30 bits per heavy atom. The Morgan fingerprint density at radius 3 is 2.60 bits per heavy atom. The lowest BCUT2D eigenvalue weighted by molar-refractivity contribution is 0.0596. The van der Waals surface area contributed by atoms with Crippen LogP contribution in [0, 0.1) is 0 Å². The van der Waals surface area contributed by atoms with E-state index in [1.165, 1.54) is 7.11 Å². The van der Waals surface area contributed by atoms with Crippen LogP contribution in [-0.2, 0) is 4.74 Å². The maximum atomic E-state index is 11.8. The van der Waals surface area contributed by atoms with Gasteiger partial charge in [0.25, 0.3) is 0 Å². The molecule has 1 N–H and O–H groups in total. The van der Waals surface area contributed by atoms with E-state index in [4.69, 9.17) is 4.74 Å². The quantitative estimate of drug-likeness (QED) is 0.528. The topological polar surface area (TPSA) is 57.7 Å². The van der Waals surface area contributed by atoms with Gasteiger partial charge >= 0.3 is 5.97 Å². The molecule has 1 aromatic carbocycles. The van der Waals surface area contributed by atoms with E-state index in [9.17, 15) is 4.79 Å². The average molecular weight is 271 g/mol. The van der Waals surface area contributed by atoms with Gasteiger partial charge in [-0.15, -0.1) is 0 Å². The van der Waals surface area contributed by atoms with Gasteiger partial charge in [-0.2, -0.15) is 0 Å². The highest BCUT2D eigenvalue weighted by Gasteiger charge is 2.18. The van der Waals surface area contributed by atoms with Crippen LogP contribution in [0.15, 0.2) is 41.5 Å². The number of aromatic amines is 1. The minimum atomic E-state index is -0.432. The summed E-state index contributed by atoms with van der Waals surface area (Å²) in [5.41, 5.74) is 2.79. The minimum absolute atomic E-state index is 0.351. The van der Waals surface area contributed by atoms with Crippen LogP contribution in [0.2, 0.25) is 0 Å². The SMILES string of the molecule is COC(=O)c1[nH]cc(-c2ccccc2)c1N=CN(C)C. The third-order valence-electron chi connectivity index (χ3n) is 2.74. The molecule has 0 bridgehead atoms. The van der Waals surface area contributed by atoms with Crippen molar-refractivity contribution in [2.45, 2.75) is 0 Å². The molecule has 20 heavy (non-hydrogen) atoms. The number of methoxy groups -OCH3 is 1. The normalized spacial score (nSPS) is 10.8. The number of aromatic nitrogens is 1. The smallest absolute Gasteiger partial charge is 0.356 e. The van der Waals surface area contributed by atoms with Crippen LogP contribution in [0.5, 0.6) is 0 Å². The molecular formula is C15H17N3O2. The zero-order chi connectivity index (χ0) is 14.5. The van der Waals surface area contributed by atoms with Gasteiger partial charge < -0.3 is 14.6 Å². The number of H-pyrrole nitrogens is 1. The van der Waals surface area contributed by atoms with E-state index < -0.39 is 5.97 Å². The number of hydrogen-bond acceptors (Lipinski definition) is 3. The molecule has 0 aliphatic heterocycles. The van der Waals surface area contributed by atoms with Gasteiger partial charge in [0.05, 0.1) is 13.4 Å². The van der Waals surface area contributed by atoms with Gasteiger partial charge in [0.2, 0.25) is 0 Å². The molecule has 0 spiro atoms. The first-order valence-electron chi connectivity index (χ1n) is 6.19. The molecule has 0 saturated heterocycles. The zero-order valence-corrected chi connectivity index (χ0v) is 11.8. The highest BCUT2D eigenvalue weighted by Crippen LogP contribution is 2.33. The Morgan fingerprint density at radius 2 is 2.00 bits per heavy atom. The maximum Gasteiger partial charge on any atom is 0.356 e. The largest absolute Gasteiger partial charge is 0.464 e. The fraction of sp³-hybridized carbons (Fsp3) is 0.200. The third kappa shape index (κ3) is 2.88. The molecule has 0 aliphatic carbocycles. The molecule has 1 heterocycles. The Balaban J connectivity index is 2.52. The fourth-order valence-electron chi connectivity index (χ4n) is 1.82. The summed E-state index contributed by atoms with van der Waals surface area (Å²) >= 11 is 0. The lowest BCUT2D eigenvalue weighted by atomic mass is 10.1. The lowest BCUT2D eigenvalue weighted by Gasteiger charge is -2.05. The van der Waals surface area contributed by atoms with Crippen molar-refractivity contribution in [3.8, 4) is 11.1 Å². The summed E-state index contributed by atoms with van der Waals surface area (Å²) in [5, 5.41) is 0. The van der Waals surface area contributed by atoms with Gasteiger partial charge in [-0.05, 0) is 5.56 Å². The van der Waals surface area contributed by atoms with Crippen molar-refractivity contribution >= 4 is 18.0 Å². The molecule has 0 aliphatic rings. The number of nitrogens with one attached hydrogen (secondary N) is 1. The number of nitrogens with zero attached hydrogens (tertiary/aromatic N) is 2. The summed E-state index contributed by atoms with van der Waals surface area (Å²) in [5.74, 6) is -0.432. The van der Waals surface area contributed by atoms with Crippen molar-refractivity contribution in [2.75, 3.05) is 21.2 Å². The number of hydrogen-bond donors (Lipinski definition) is 1. The minimum Gasteiger partial charge on any atom is -0.464 e. The zero-order valence-electron chi connectivity index (χ0n) is 11.8. The van der Waals surface area contributed by atoms with Crippen LogP contribution in [-0.4, -0.2) is 43.4 Å². The van der Waals surface area contributed by atoms with E-state index in [0.29, 0.717) is 11.4 Å². The molecule has 0 fully saturated rings. The second-order valence-electron chi connectivity index (χ2n) is 4.49. The van der Waals surface area contributed by atoms with Gasteiger partial charge in [0.1, 0.15) is 5.69 Å². The summed E-state index contributed by atoms with van der Waals surface area (Å²) in [6, 6.07) is 9.77. The molecule has 5 nitrogen and oxygen atoms in total. The number of esters is 1. The molecule has 0 radical (unpaired) electrons.